The van der Waals surface area contributed by atoms with Crippen molar-refractivity contribution < 1.29 is 9.18 Å². The molecule has 0 spiro atoms. The number of halogens is 1. The number of anilines is 1. The van der Waals surface area contributed by atoms with E-state index >= 15 is 0 Å². The Morgan fingerprint density at radius 3 is 2.93 bits per heavy atom. The summed E-state index contributed by atoms with van der Waals surface area (Å²) in [6, 6.07) is 4.13. The van der Waals surface area contributed by atoms with Gasteiger partial charge in [-0.15, -0.1) is 0 Å². The van der Waals surface area contributed by atoms with Crippen molar-refractivity contribution in [2.75, 3.05) is 18.0 Å². The highest BCUT2D eigenvalue weighted by molar-refractivity contribution is 5.94. The van der Waals surface area contributed by atoms with E-state index in [2.05, 4.69) is 5.32 Å². The molecule has 1 aromatic carbocycles. The summed E-state index contributed by atoms with van der Waals surface area (Å²) in [5.74, 6) is -0.334. The van der Waals surface area contributed by atoms with E-state index in [1.54, 1.807) is 11.0 Å². The fourth-order valence-corrected chi connectivity index (χ4v) is 1.68. The lowest BCUT2D eigenvalue weighted by atomic mass is 10.1. The second-order valence-corrected chi connectivity index (χ2v) is 3.36. The van der Waals surface area contributed by atoms with Crippen molar-refractivity contribution in [3.8, 4) is 0 Å². The fourth-order valence-electron chi connectivity index (χ4n) is 1.68. The number of amides is 2. The number of nitrogens with one attached hydrogen (secondary N) is 1. The number of carbonyl (C=O) groups is 1. The van der Waals surface area contributed by atoms with E-state index in [1.165, 1.54) is 12.1 Å². The van der Waals surface area contributed by atoms with Crippen molar-refractivity contribution in [3.05, 3.63) is 29.6 Å². The summed E-state index contributed by atoms with van der Waals surface area (Å²) in [5.41, 5.74) is 6.84. The van der Waals surface area contributed by atoms with E-state index in [0.29, 0.717) is 24.3 Å². The Morgan fingerprint density at radius 2 is 2.33 bits per heavy atom. The van der Waals surface area contributed by atoms with Gasteiger partial charge in [0.2, 0.25) is 0 Å². The van der Waals surface area contributed by atoms with Crippen molar-refractivity contribution in [2.24, 2.45) is 5.73 Å². The maximum Gasteiger partial charge on any atom is 0.322 e. The largest absolute Gasteiger partial charge is 0.336 e. The van der Waals surface area contributed by atoms with Crippen LogP contribution in [0, 0.1) is 5.82 Å². The second-order valence-electron chi connectivity index (χ2n) is 3.36. The molecule has 2 rings (SSSR count). The third-order valence-electron chi connectivity index (χ3n) is 2.41. The molecule has 1 saturated heterocycles. The van der Waals surface area contributed by atoms with Gasteiger partial charge in [0.15, 0.2) is 0 Å². The number of carbonyl (C=O) groups excluding carboxylic acids is 1. The highest BCUT2D eigenvalue weighted by Gasteiger charge is 2.23. The van der Waals surface area contributed by atoms with Gasteiger partial charge in [0, 0.05) is 19.6 Å². The Morgan fingerprint density at radius 1 is 1.53 bits per heavy atom. The molecular formula is C10H12FN3O. The van der Waals surface area contributed by atoms with Crippen LogP contribution in [0.3, 0.4) is 0 Å². The molecule has 1 aromatic rings. The van der Waals surface area contributed by atoms with Gasteiger partial charge in [-0.05, 0) is 23.8 Å². The maximum atomic E-state index is 12.9. The van der Waals surface area contributed by atoms with Crippen molar-refractivity contribution in [1.82, 2.24) is 5.32 Å². The topological polar surface area (TPSA) is 58.4 Å². The molecule has 0 saturated carbocycles. The summed E-state index contributed by atoms with van der Waals surface area (Å²) in [6.45, 7) is 1.43. The van der Waals surface area contributed by atoms with E-state index in [9.17, 15) is 9.18 Å². The van der Waals surface area contributed by atoms with Crippen molar-refractivity contribution in [1.29, 1.82) is 0 Å². The molecule has 3 N–H and O–H groups in total. The maximum absolute atomic E-state index is 12.9. The first kappa shape index (κ1) is 9.92. The van der Waals surface area contributed by atoms with Gasteiger partial charge in [-0.2, -0.15) is 0 Å². The molecule has 5 heteroatoms. The second kappa shape index (κ2) is 3.86. The standard InChI is InChI=1S/C10H12FN3O/c11-8-1-2-9(7(5-8)6-12)14-4-3-13-10(14)15/h1-2,5H,3-4,6,12H2,(H,13,15). The molecule has 1 heterocycles. The molecule has 4 nitrogen and oxygen atoms in total. The third kappa shape index (κ3) is 1.78. The molecule has 1 aliphatic rings. The van der Waals surface area contributed by atoms with Gasteiger partial charge in [-0.3, -0.25) is 4.90 Å². The fraction of sp³-hybridized carbons (Fsp3) is 0.300. The molecule has 1 fully saturated rings. The Labute approximate surface area is 86.9 Å². The quantitative estimate of drug-likeness (QED) is 0.757. The summed E-state index contributed by atoms with van der Waals surface area (Å²) in [5, 5.41) is 2.69. The smallest absolute Gasteiger partial charge is 0.322 e. The minimum absolute atomic E-state index is 0.156. The molecule has 0 unspecified atom stereocenters. The minimum Gasteiger partial charge on any atom is -0.336 e. The van der Waals surface area contributed by atoms with Gasteiger partial charge in [-0.25, -0.2) is 9.18 Å². The first-order valence-corrected chi connectivity index (χ1v) is 4.76. The molecule has 0 aromatic heterocycles. The molecule has 0 atom stereocenters. The van der Waals surface area contributed by atoms with Crippen LogP contribution in [-0.4, -0.2) is 19.1 Å². The van der Waals surface area contributed by atoms with Crippen molar-refractivity contribution >= 4 is 11.7 Å². The Kier molecular flexibility index (Phi) is 2.55. The van der Waals surface area contributed by atoms with Gasteiger partial charge in [0.25, 0.3) is 0 Å². The van der Waals surface area contributed by atoms with E-state index in [1.807, 2.05) is 0 Å². The summed E-state index contributed by atoms with van der Waals surface area (Å²) in [7, 11) is 0. The number of nitrogens with zero attached hydrogens (tertiary/aromatic N) is 1. The molecule has 1 aliphatic heterocycles. The molecular weight excluding hydrogens is 197 g/mol. The molecule has 0 bridgehead atoms. The lowest BCUT2D eigenvalue weighted by Gasteiger charge is -2.17. The average Bonchev–Trinajstić information content (AvgIpc) is 2.64. The number of hydrogen-bond acceptors (Lipinski definition) is 2. The van der Waals surface area contributed by atoms with Crippen LogP contribution in [0.25, 0.3) is 0 Å². The Bertz CT molecular complexity index is 394. The van der Waals surface area contributed by atoms with E-state index in [-0.39, 0.29) is 18.4 Å². The lowest BCUT2D eigenvalue weighted by molar-refractivity contribution is 0.252. The highest BCUT2D eigenvalue weighted by Crippen LogP contribution is 2.22. The van der Waals surface area contributed by atoms with Gasteiger partial charge >= 0.3 is 6.03 Å². The SMILES string of the molecule is NCc1cc(F)ccc1N1CCNC1=O. The van der Waals surface area contributed by atoms with Crippen LogP contribution in [0.1, 0.15) is 5.56 Å². The average molecular weight is 209 g/mol. The number of benzene rings is 1. The molecule has 0 radical (unpaired) electrons. The first-order chi connectivity index (χ1) is 7.22. The van der Waals surface area contributed by atoms with Crippen LogP contribution in [-0.2, 0) is 6.54 Å². The van der Waals surface area contributed by atoms with Gasteiger partial charge in [0.05, 0.1) is 5.69 Å². The molecule has 2 amide bonds. The van der Waals surface area contributed by atoms with Crippen LogP contribution < -0.4 is 16.0 Å². The van der Waals surface area contributed by atoms with Gasteiger partial charge in [0.1, 0.15) is 5.82 Å². The monoisotopic (exact) mass is 209 g/mol. The predicted molar refractivity (Wildman–Crippen MR) is 55.0 cm³/mol. The summed E-state index contributed by atoms with van der Waals surface area (Å²) in [6.07, 6.45) is 0. The first-order valence-electron chi connectivity index (χ1n) is 4.76. The number of rotatable bonds is 2. The normalized spacial score (nSPS) is 15.6. The number of nitrogens with two attached hydrogens (primary N) is 1. The van der Waals surface area contributed by atoms with Crippen LogP contribution in [0.15, 0.2) is 18.2 Å². The van der Waals surface area contributed by atoms with E-state index in [0.717, 1.165) is 0 Å². The van der Waals surface area contributed by atoms with Crippen LogP contribution in [0.4, 0.5) is 14.9 Å². The van der Waals surface area contributed by atoms with Crippen molar-refractivity contribution in [2.45, 2.75) is 6.54 Å². The van der Waals surface area contributed by atoms with Crippen LogP contribution in [0.5, 0.6) is 0 Å². The van der Waals surface area contributed by atoms with Gasteiger partial charge in [-0.1, -0.05) is 0 Å². The summed E-state index contributed by atoms with van der Waals surface area (Å²) >= 11 is 0. The van der Waals surface area contributed by atoms with Crippen molar-refractivity contribution in [3.63, 3.8) is 0 Å². The lowest BCUT2D eigenvalue weighted by Crippen LogP contribution is -2.28. The Balaban J connectivity index is 2.38. The predicted octanol–water partition coefficient (Wildman–Crippen LogP) is 0.814. The highest BCUT2D eigenvalue weighted by atomic mass is 19.1. The van der Waals surface area contributed by atoms with Crippen LogP contribution >= 0.6 is 0 Å². The molecule has 0 aliphatic carbocycles. The van der Waals surface area contributed by atoms with Crippen LogP contribution in [0.2, 0.25) is 0 Å². The minimum atomic E-state index is -0.334. The van der Waals surface area contributed by atoms with E-state index in [4.69, 9.17) is 5.73 Å². The summed E-state index contributed by atoms with van der Waals surface area (Å²) in [4.78, 5) is 13.0. The Hall–Kier alpha value is -1.62. The molecule has 15 heavy (non-hydrogen) atoms. The number of urea groups is 1. The van der Waals surface area contributed by atoms with Gasteiger partial charge < -0.3 is 11.1 Å². The van der Waals surface area contributed by atoms with E-state index < -0.39 is 0 Å². The molecule has 80 valence electrons. The zero-order chi connectivity index (χ0) is 10.8. The number of hydrogen-bond donors (Lipinski definition) is 2. The zero-order valence-corrected chi connectivity index (χ0v) is 8.16. The third-order valence-corrected chi connectivity index (χ3v) is 2.41. The summed E-state index contributed by atoms with van der Waals surface area (Å²) < 4.78 is 12.9. The zero-order valence-electron chi connectivity index (χ0n) is 8.16.